The van der Waals surface area contributed by atoms with Gasteiger partial charge in [0.1, 0.15) is 10.6 Å². The first-order chi connectivity index (χ1) is 15.2. The third kappa shape index (κ3) is 5.81. The Morgan fingerprint density at radius 2 is 1.66 bits per heavy atom. The second-order valence-corrected chi connectivity index (χ2v) is 10.1. The van der Waals surface area contributed by atoms with Crippen LogP contribution in [0.5, 0.6) is 5.75 Å². The van der Waals surface area contributed by atoms with Gasteiger partial charge in [0.15, 0.2) is 5.78 Å². The molecule has 1 aliphatic heterocycles. The molecule has 1 aliphatic rings. The highest BCUT2D eigenvalue weighted by molar-refractivity contribution is 7.89. The molecule has 0 saturated carbocycles. The van der Waals surface area contributed by atoms with Gasteiger partial charge in [-0.1, -0.05) is 29.3 Å². The zero-order chi connectivity index (χ0) is 23.3. The lowest BCUT2D eigenvalue weighted by atomic mass is 10.1. The molecule has 0 aliphatic carbocycles. The zero-order valence-electron chi connectivity index (χ0n) is 17.6. The normalized spacial score (nSPS) is 14.9. The topological polar surface area (TPSA) is 84.0 Å². The first kappa shape index (κ1) is 24.5. The standard InChI is InChI=1S/C22H24Cl2N2O5S/c1-16(27)17-7-9-18(10-8-17)31-15-3-6-21(28)25-11-13-26(14-12-25)32(29,30)20-5-2-4-19(23)22(20)24/h2,4-5,7-10H,3,6,11-15H2,1H3. The zero-order valence-corrected chi connectivity index (χ0v) is 19.9. The van der Waals surface area contributed by atoms with Gasteiger partial charge in [-0.25, -0.2) is 8.42 Å². The Kier molecular flexibility index (Phi) is 8.16. The molecule has 32 heavy (non-hydrogen) atoms. The number of nitrogens with zero attached hydrogens (tertiary/aromatic N) is 2. The number of carbonyl (C=O) groups excluding carboxylic acids is 2. The van der Waals surface area contributed by atoms with E-state index in [1.165, 1.54) is 23.4 Å². The van der Waals surface area contributed by atoms with Crippen LogP contribution in [0.1, 0.15) is 30.1 Å². The van der Waals surface area contributed by atoms with Gasteiger partial charge in [0.05, 0.1) is 16.7 Å². The van der Waals surface area contributed by atoms with Crippen LogP contribution in [0.3, 0.4) is 0 Å². The van der Waals surface area contributed by atoms with Gasteiger partial charge in [0.2, 0.25) is 15.9 Å². The highest BCUT2D eigenvalue weighted by Gasteiger charge is 2.31. The summed E-state index contributed by atoms with van der Waals surface area (Å²) >= 11 is 12.0. The molecule has 0 bridgehead atoms. The van der Waals surface area contributed by atoms with Gasteiger partial charge in [0.25, 0.3) is 0 Å². The van der Waals surface area contributed by atoms with Crippen molar-refractivity contribution in [3.8, 4) is 5.75 Å². The molecule has 7 nitrogen and oxygen atoms in total. The number of Topliss-reactive ketones (excluding diaryl/α,β-unsaturated/α-hetero) is 1. The summed E-state index contributed by atoms with van der Waals surface area (Å²) in [7, 11) is -3.79. The Hall–Kier alpha value is -2.13. The second-order valence-electron chi connectivity index (χ2n) is 7.37. The van der Waals surface area contributed by atoms with Gasteiger partial charge < -0.3 is 9.64 Å². The van der Waals surface area contributed by atoms with Gasteiger partial charge in [-0.15, -0.1) is 0 Å². The minimum atomic E-state index is -3.79. The number of benzene rings is 2. The molecule has 0 N–H and O–H groups in total. The van der Waals surface area contributed by atoms with E-state index in [9.17, 15) is 18.0 Å². The van der Waals surface area contributed by atoms with Crippen molar-refractivity contribution in [3.63, 3.8) is 0 Å². The van der Waals surface area contributed by atoms with Crippen molar-refractivity contribution in [1.29, 1.82) is 0 Å². The first-order valence-electron chi connectivity index (χ1n) is 10.2. The summed E-state index contributed by atoms with van der Waals surface area (Å²) in [6, 6.07) is 11.4. The summed E-state index contributed by atoms with van der Waals surface area (Å²) in [6.07, 6.45) is 0.836. The lowest BCUT2D eigenvalue weighted by Gasteiger charge is -2.34. The molecule has 1 amide bonds. The van der Waals surface area contributed by atoms with Crippen molar-refractivity contribution in [1.82, 2.24) is 9.21 Å². The van der Waals surface area contributed by atoms with Crippen LogP contribution < -0.4 is 4.74 Å². The van der Waals surface area contributed by atoms with E-state index in [2.05, 4.69) is 0 Å². The maximum absolute atomic E-state index is 12.9. The summed E-state index contributed by atoms with van der Waals surface area (Å²) in [4.78, 5) is 25.4. The number of rotatable bonds is 8. The van der Waals surface area contributed by atoms with Crippen LogP contribution in [-0.4, -0.2) is 62.1 Å². The van der Waals surface area contributed by atoms with Crippen molar-refractivity contribution in [2.75, 3.05) is 32.8 Å². The number of carbonyl (C=O) groups is 2. The average Bonchev–Trinajstić information content (AvgIpc) is 2.78. The molecule has 1 saturated heterocycles. The van der Waals surface area contributed by atoms with Crippen molar-refractivity contribution < 1.29 is 22.7 Å². The van der Waals surface area contributed by atoms with Crippen LogP contribution in [0.2, 0.25) is 10.0 Å². The minimum absolute atomic E-state index is 0.00334. The number of hydrogen-bond donors (Lipinski definition) is 0. The molecule has 0 spiro atoms. The van der Waals surface area contributed by atoms with E-state index in [4.69, 9.17) is 27.9 Å². The van der Waals surface area contributed by atoms with Gasteiger partial charge >= 0.3 is 0 Å². The van der Waals surface area contributed by atoms with Crippen molar-refractivity contribution >= 4 is 44.9 Å². The van der Waals surface area contributed by atoms with Crippen LogP contribution in [0.4, 0.5) is 0 Å². The number of ether oxygens (including phenoxy) is 1. The second kappa shape index (κ2) is 10.7. The molecule has 0 radical (unpaired) electrons. The highest BCUT2D eigenvalue weighted by atomic mass is 35.5. The summed E-state index contributed by atoms with van der Waals surface area (Å²) in [5.74, 6) is 0.588. The quantitative estimate of drug-likeness (QED) is 0.407. The fourth-order valence-corrected chi connectivity index (χ4v) is 5.52. The number of amides is 1. The fourth-order valence-electron chi connectivity index (χ4n) is 3.36. The Labute approximate surface area is 197 Å². The number of ketones is 1. The Balaban J connectivity index is 1.45. The number of halogens is 2. The Morgan fingerprint density at radius 1 is 1.00 bits per heavy atom. The van der Waals surface area contributed by atoms with E-state index in [0.29, 0.717) is 43.9 Å². The highest BCUT2D eigenvalue weighted by Crippen LogP contribution is 2.31. The van der Waals surface area contributed by atoms with E-state index in [1.54, 1.807) is 35.2 Å². The van der Waals surface area contributed by atoms with Crippen LogP contribution in [0.25, 0.3) is 0 Å². The maximum atomic E-state index is 12.9. The lowest BCUT2D eigenvalue weighted by molar-refractivity contribution is -0.132. The predicted octanol–water partition coefficient (Wildman–Crippen LogP) is 3.89. The van der Waals surface area contributed by atoms with Gasteiger partial charge in [-0.3, -0.25) is 9.59 Å². The van der Waals surface area contributed by atoms with E-state index >= 15 is 0 Å². The van der Waals surface area contributed by atoms with Crippen molar-refractivity contribution in [2.45, 2.75) is 24.7 Å². The minimum Gasteiger partial charge on any atom is -0.494 e. The van der Waals surface area contributed by atoms with E-state index in [-0.39, 0.29) is 39.7 Å². The fraction of sp³-hybridized carbons (Fsp3) is 0.364. The smallest absolute Gasteiger partial charge is 0.244 e. The maximum Gasteiger partial charge on any atom is 0.244 e. The van der Waals surface area contributed by atoms with Crippen LogP contribution in [0, 0.1) is 0 Å². The Morgan fingerprint density at radius 3 is 2.28 bits per heavy atom. The first-order valence-corrected chi connectivity index (χ1v) is 12.4. The third-order valence-electron chi connectivity index (χ3n) is 5.19. The van der Waals surface area contributed by atoms with Crippen LogP contribution in [-0.2, 0) is 14.8 Å². The average molecular weight is 499 g/mol. The summed E-state index contributed by atoms with van der Waals surface area (Å²) in [5, 5.41) is 0.183. The molecule has 0 unspecified atom stereocenters. The molecule has 1 heterocycles. The molecular weight excluding hydrogens is 475 g/mol. The molecule has 3 rings (SSSR count). The predicted molar refractivity (Wildman–Crippen MR) is 123 cm³/mol. The molecule has 2 aromatic carbocycles. The van der Waals surface area contributed by atoms with Crippen LogP contribution in [0.15, 0.2) is 47.4 Å². The number of sulfonamides is 1. The van der Waals surface area contributed by atoms with E-state index < -0.39 is 10.0 Å². The van der Waals surface area contributed by atoms with Gasteiger partial charge in [0, 0.05) is 38.2 Å². The molecular formula is C22H24Cl2N2O5S. The summed E-state index contributed by atoms with van der Waals surface area (Å²) < 4.78 is 32.7. The van der Waals surface area contributed by atoms with Crippen molar-refractivity contribution in [2.24, 2.45) is 0 Å². The van der Waals surface area contributed by atoms with Gasteiger partial charge in [-0.2, -0.15) is 4.31 Å². The number of piperazine rings is 1. The third-order valence-corrected chi connectivity index (χ3v) is 8.06. The van der Waals surface area contributed by atoms with E-state index in [0.717, 1.165) is 0 Å². The monoisotopic (exact) mass is 498 g/mol. The number of hydrogen-bond acceptors (Lipinski definition) is 5. The van der Waals surface area contributed by atoms with E-state index in [1.807, 2.05) is 0 Å². The van der Waals surface area contributed by atoms with Gasteiger partial charge in [-0.05, 0) is 49.7 Å². The SMILES string of the molecule is CC(=O)c1ccc(OCCCC(=O)N2CCN(S(=O)(=O)c3cccc(Cl)c3Cl)CC2)cc1. The summed E-state index contributed by atoms with van der Waals surface area (Å²) in [5.41, 5.74) is 0.617. The largest absolute Gasteiger partial charge is 0.494 e. The lowest BCUT2D eigenvalue weighted by Crippen LogP contribution is -2.50. The molecule has 1 fully saturated rings. The molecule has 0 aromatic heterocycles. The molecule has 10 heteroatoms. The summed E-state index contributed by atoms with van der Waals surface area (Å²) in [6.45, 7) is 2.87. The molecule has 172 valence electrons. The molecule has 0 atom stereocenters. The molecule has 2 aromatic rings. The Bertz CT molecular complexity index is 1080. The van der Waals surface area contributed by atoms with Crippen molar-refractivity contribution in [3.05, 3.63) is 58.1 Å². The van der Waals surface area contributed by atoms with Crippen LogP contribution >= 0.6 is 23.2 Å².